The molecule has 1 heterocycles. The lowest BCUT2D eigenvalue weighted by molar-refractivity contribution is -0.0171. The smallest absolute Gasteiger partial charge is 0.336 e. The van der Waals surface area contributed by atoms with Gasteiger partial charge >= 0.3 is 5.97 Å². The second kappa shape index (κ2) is 11.2. The highest BCUT2D eigenvalue weighted by atomic mass is 32.1. The van der Waals surface area contributed by atoms with E-state index in [-0.39, 0.29) is 22.3 Å². The van der Waals surface area contributed by atoms with E-state index in [0.29, 0.717) is 57.4 Å². The van der Waals surface area contributed by atoms with E-state index in [0.717, 1.165) is 12.8 Å². The Bertz CT molecular complexity index is 1530. The molecule has 4 rings (SSSR count). The van der Waals surface area contributed by atoms with Gasteiger partial charge in [0.25, 0.3) is 0 Å². The molecule has 198 valence electrons. The molecule has 0 atom stereocenters. The Morgan fingerprint density at radius 1 is 1.08 bits per heavy atom. The maximum Gasteiger partial charge on any atom is 0.336 e. The Morgan fingerprint density at radius 2 is 1.84 bits per heavy atom. The van der Waals surface area contributed by atoms with Crippen LogP contribution in [0.2, 0.25) is 0 Å². The number of hydrogen-bond acceptors (Lipinski definition) is 6. The van der Waals surface area contributed by atoms with E-state index in [1.54, 1.807) is 24.3 Å². The van der Waals surface area contributed by atoms with Gasteiger partial charge < -0.3 is 30.0 Å². The van der Waals surface area contributed by atoms with E-state index in [4.69, 9.17) is 21.4 Å². The van der Waals surface area contributed by atoms with Crippen molar-refractivity contribution in [3.8, 4) is 28.2 Å². The van der Waals surface area contributed by atoms with Crippen molar-refractivity contribution in [2.45, 2.75) is 39.2 Å². The fourth-order valence-electron chi connectivity index (χ4n) is 4.52. The molecule has 0 spiro atoms. The van der Waals surface area contributed by atoms with Crippen LogP contribution in [-0.4, -0.2) is 40.0 Å². The predicted octanol–water partition coefficient (Wildman–Crippen LogP) is 5.85. The van der Waals surface area contributed by atoms with E-state index in [1.807, 2.05) is 6.92 Å². The van der Waals surface area contributed by atoms with E-state index in [9.17, 15) is 19.8 Å². The van der Waals surface area contributed by atoms with Crippen LogP contribution in [0.3, 0.4) is 0 Å². The highest BCUT2D eigenvalue weighted by molar-refractivity contribution is 7.80. The zero-order valence-electron chi connectivity index (χ0n) is 21.5. The van der Waals surface area contributed by atoms with Crippen LogP contribution in [0, 0.1) is 0 Å². The number of carboxylic acid groups (broad SMARTS) is 1. The number of ether oxygens (including phenoxy) is 1. The molecule has 38 heavy (non-hydrogen) atoms. The molecule has 0 amide bonds. The Labute approximate surface area is 225 Å². The highest BCUT2D eigenvalue weighted by Crippen LogP contribution is 2.42. The summed E-state index contributed by atoms with van der Waals surface area (Å²) in [5.41, 5.74) is 2.05. The number of carbonyl (C=O) groups is 1. The molecular formula is C29H30N2O6S. The summed E-state index contributed by atoms with van der Waals surface area (Å²) in [6, 6.07) is 13.9. The zero-order chi connectivity index (χ0) is 27.4. The SMILES string of the molecule is CCOC(C)(C)CCCNC(=S)Nc1ccc(-c2c3ccc(=O)cc-3oc3cc(O)ccc23)c(C(=O)O)c1. The lowest BCUT2D eigenvalue weighted by Crippen LogP contribution is -2.31. The minimum absolute atomic E-state index is 0.00898. The Hall–Kier alpha value is -3.95. The Morgan fingerprint density at radius 3 is 2.58 bits per heavy atom. The van der Waals surface area contributed by atoms with Crippen molar-refractivity contribution in [1.82, 2.24) is 5.32 Å². The number of benzene rings is 3. The van der Waals surface area contributed by atoms with Gasteiger partial charge in [0.05, 0.1) is 11.2 Å². The van der Waals surface area contributed by atoms with Gasteiger partial charge in [-0.1, -0.05) is 6.07 Å². The van der Waals surface area contributed by atoms with Gasteiger partial charge in [-0.3, -0.25) is 4.79 Å². The van der Waals surface area contributed by atoms with E-state index < -0.39 is 5.97 Å². The minimum atomic E-state index is -1.12. The average Bonchev–Trinajstić information content (AvgIpc) is 2.85. The quantitative estimate of drug-likeness (QED) is 0.119. The van der Waals surface area contributed by atoms with Gasteiger partial charge in [-0.15, -0.1) is 0 Å². The fraction of sp³-hybridized carbons (Fsp3) is 0.276. The Kier molecular flexibility index (Phi) is 7.99. The van der Waals surface area contributed by atoms with Crippen LogP contribution in [0.4, 0.5) is 5.69 Å². The van der Waals surface area contributed by atoms with Crippen molar-refractivity contribution >= 4 is 40.0 Å². The van der Waals surface area contributed by atoms with Crippen molar-refractivity contribution in [3.05, 3.63) is 70.4 Å². The molecule has 0 fully saturated rings. The molecule has 0 saturated heterocycles. The van der Waals surface area contributed by atoms with Crippen LogP contribution in [0.15, 0.2) is 63.8 Å². The second-order valence-electron chi connectivity index (χ2n) is 9.56. The van der Waals surface area contributed by atoms with Crippen molar-refractivity contribution in [2.24, 2.45) is 0 Å². The summed E-state index contributed by atoms with van der Waals surface area (Å²) >= 11 is 5.41. The number of carboxylic acids is 1. The number of aromatic carboxylic acids is 1. The van der Waals surface area contributed by atoms with Crippen LogP contribution in [0.25, 0.3) is 33.4 Å². The second-order valence-corrected chi connectivity index (χ2v) is 9.97. The lowest BCUT2D eigenvalue weighted by Gasteiger charge is -2.24. The van der Waals surface area contributed by atoms with Gasteiger partial charge in [0.1, 0.15) is 17.1 Å². The maximum atomic E-state index is 12.4. The van der Waals surface area contributed by atoms with Crippen LogP contribution < -0.4 is 16.1 Å². The molecule has 2 aromatic rings. The molecule has 1 aliphatic carbocycles. The van der Waals surface area contributed by atoms with Crippen molar-refractivity contribution < 1.29 is 24.2 Å². The molecule has 9 heteroatoms. The van der Waals surface area contributed by atoms with Gasteiger partial charge in [-0.25, -0.2) is 4.79 Å². The van der Waals surface area contributed by atoms with Gasteiger partial charge in [0, 0.05) is 47.5 Å². The van der Waals surface area contributed by atoms with Crippen LogP contribution in [0.1, 0.15) is 44.0 Å². The van der Waals surface area contributed by atoms with Crippen molar-refractivity contribution in [1.29, 1.82) is 0 Å². The summed E-state index contributed by atoms with van der Waals surface area (Å²) in [5, 5.41) is 27.3. The van der Waals surface area contributed by atoms with Crippen LogP contribution in [-0.2, 0) is 4.74 Å². The van der Waals surface area contributed by atoms with Crippen LogP contribution >= 0.6 is 12.2 Å². The first-order chi connectivity index (χ1) is 18.1. The molecule has 0 aromatic heterocycles. The molecule has 1 aliphatic heterocycles. The van der Waals surface area contributed by atoms with Gasteiger partial charge in [-0.05, 0) is 87.8 Å². The third kappa shape index (κ3) is 6.12. The number of nitrogens with one attached hydrogen (secondary N) is 2. The minimum Gasteiger partial charge on any atom is -0.508 e. The predicted molar refractivity (Wildman–Crippen MR) is 152 cm³/mol. The number of phenolic OH excluding ortho intramolecular Hbond substituents is 1. The third-order valence-electron chi connectivity index (χ3n) is 6.23. The molecule has 0 bridgehead atoms. The highest BCUT2D eigenvalue weighted by Gasteiger charge is 2.22. The number of anilines is 1. The molecule has 0 saturated carbocycles. The fourth-order valence-corrected chi connectivity index (χ4v) is 4.74. The van der Waals surface area contributed by atoms with Gasteiger partial charge in [0.2, 0.25) is 0 Å². The first-order valence-corrected chi connectivity index (χ1v) is 12.7. The summed E-state index contributed by atoms with van der Waals surface area (Å²) in [4.78, 5) is 24.4. The number of rotatable bonds is 9. The molecule has 0 radical (unpaired) electrons. The number of phenols is 1. The number of thiocarbonyl (C=S) groups is 1. The first kappa shape index (κ1) is 27.1. The summed E-state index contributed by atoms with van der Waals surface area (Å²) in [6.45, 7) is 7.39. The zero-order valence-corrected chi connectivity index (χ0v) is 22.3. The van der Waals surface area contributed by atoms with E-state index in [2.05, 4.69) is 24.5 Å². The topological polar surface area (TPSA) is 121 Å². The lowest BCUT2D eigenvalue weighted by atomic mass is 9.90. The first-order valence-electron chi connectivity index (χ1n) is 12.3. The largest absolute Gasteiger partial charge is 0.508 e. The summed E-state index contributed by atoms with van der Waals surface area (Å²) in [6.07, 6.45) is 1.72. The standard InChI is InChI=1S/C29H30N2O6S/c1-4-36-29(2,3)12-5-13-30-28(38)31-17-6-9-20(23(14-17)27(34)35)26-21-10-7-18(32)15-24(21)37-25-16-19(33)8-11-22(25)26/h6-11,14-16,32H,4-5,12-13H2,1-3H3,(H,34,35)(H2,30,31,38). The van der Waals surface area contributed by atoms with Gasteiger partial charge in [-0.2, -0.15) is 0 Å². The van der Waals surface area contributed by atoms with Crippen molar-refractivity contribution in [3.63, 3.8) is 0 Å². The molecule has 2 aliphatic rings. The van der Waals surface area contributed by atoms with E-state index >= 15 is 0 Å². The normalized spacial score (nSPS) is 11.6. The van der Waals surface area contributed by atoms with E-state index in [1.165, 1.54) is 30.3 Å². The molecule has 8 nitrogen and oxygen atoms in total. The number of fused-ring (bicyclic) bond motifs is 2. The summed E-state index contributed by atoms with van der Waals surface area (Å²) in [7, 11) is 0. The van der Waals surface area contributed by atoms with Gasteiger partial charge in [0.15, 0.2) is 10.5 Å². The van der Waals surface area contributed by atoms with Crippen molar-refractivity contribution in [2.75, 3.05) is 18.5 Å². The molecule has 0 unspecified atom stereocenters. The number of aromatic hydroxyl groups is 1. The summed E-state index contributed by atoms with van der Waals surface area (Å²) in [5.74, 6) is -0.839. The molecular weight excluding hydrogens is 504 g/mol. The number of hydrogen-bond donors (Lipinski definition) is 4. The monoisotopic (exact) mass is 534 g/mol. The Balaban J connectivity index is 1.64. The third-order valence-corrected chi connectivity index (χ3v) is 6.48. The molecule has 2 aromatic carbocycles. The maximum absolute atomic E-state index is 12.4. The summed E-state index contributed by atoms with van der Waals surface area (Å²) < 4.78 is 11.6. The average molecular weight is 535 g/mol. The molecule has 4 N–H and O–H groups in total. The van der Waals surface area contributed by atoms with Crippen LogP contribution in [0.5, 0.6) is 5.75 Å².